The molecule has 2 amide bonds. The molecule has 27 heavy (non-hydrogen) atoms. The lowest BCUT2D eigenvalue weighted by Crippen LogP contribution is -2.29. The second-order valence-corrected chi connectivity index (χ2v) is 6.05. The first-order valence-corrected chi connectivity index (χ1v) is 8.45. The van der Waals surface area contributed by atoms with Crippen LogP contribution in [-0.2, 0) is 11.3 Å². The SMILES string of the molecule is CC(=O)Nc1ccc(NC(=O)c2cccn(Cc3ccccc3)c2=O)cc1. The van der Waals surface area contributed by atoms with Gasteiger partial charge in [-0.3, -0.25) is 14.4 Å². The summed E-state index contributed by atoms with van der Waals surface area (Å²) in [5, 5.41) is 5.36. The molecular formula is C21H19N3O3. The highest BCUT2D eigenvalue weighted by Gasteiger charge is 2.12. The normalized spacial score (nSPS) is 10.3. The minimum atomic E-state index is -0.477. The first kappa shape index (κ1) is 18.1. The summed E-state index contributed by atoms with van der Waals surface area (Å²) in [5.41, 5.74) is 1.86. The average molecular weight is 361 g/mol. The van der Waals surface area contributed by atoms with Gasteiger partial charge in [-0.2, -0.15) is 0 Å². The van der Waals surface area contributed by atoms with Gasteiger partial charge in [0, 0.05) is 24.5 Å². The number of anilines is 2. The van der Waals surface area contributed by atoms with E-state index in [1.54, 1.807) is 36.5 Å². The number of aromatic nitrogens is 1. The molecule has 0 atom stereocenters. The molecule has 1 aromatic heterocycles. The predicted molar refractivity (Wildman–Crippen MR) is 105 cm³/mol. The van der Waals surface area contributed by atoms with Gasteiger partial charge in [0.1, 0.15) is 5.56 Å². The molecule has 0 radical (unpaired) electrons. The van der Waals surface area contributed by atoms with E-state index in [9.17, 15) is 14.4 Å². The van der Waals surface area contributed by atoms with Gasteiger partial charge in [0.2, 0.25) is 5.91 Å². The summed E-state index contributed by atoms with van der Waals surface area (Å²) in [5.74, 6) is -0.648. The molecule has 2 aromatic carbocycles. The molecule has 0 aliphatic heterocycles. The van der Waals surface area contributed by atoms with E-state index in [4.69, 9.17) is 0 Å². The van der Waals surface area contributed by atoms with Gasteiger partial charge >= 0.3 is 0 Å². The van der Waals surface area contributed by atoms with E-state index in [0.717, 1.165) is 5.56 Å². The Morgan fingerprint density at radius 2 is 1.48 bits per heavy atom. The molecule has 0 bridgehead atoms. The van der Waals surface area contributed by atoms with E-state index < -0.39 is 5.91 Å². The van der Waals surface area contributed by atoms with Crippen molar-refractivity contribution in [1.82, 2.24) is 4.57 Å². The molecule has 6 heteroatoms. The molecule has 0 spiro atoms. The molecule has 6 nitrogen and oxygen atoms in total. The van der Waals surface area contributed by atoms with Crippen molar-refractivity contribution in [3.05, 3.63) is 94.4 Å². The lowest BCUT2D eigenvalue weighted by atomic mass is 10.2. The number of benzene rings is 2. The van der Waals surface area contributed by atoms with Crippen LogP contribution in [0.2, 0.25) is 0 Å². The Labute approximate surface area is 156 Å². The molecule has 1 heterocycles. The van der Waals surface area contributed by atoms with E-state index in [1.807, 2.05) is 30.3 Å². The molecule has 2 N–H and O–H groups in total. The number of hydrogen-bond acceptors (Lipinski definition) is 3. The third-order valence-corrected chi connectivity index (χ3v) is 3.92. The molecule has 0 unspecified atom stereocenters. The van der Waals surface area contributed by atoms with Crippen LogP contribution >= 0.6 is 0 Å². The van der Waals surface area contributed by atoms with Crippen molar-refractivity contribution in [3.63, 3.8) is 0 Å². The maximum atomic E-state index is 12.6. The van der Waals surface area contributed by atoms with Crippen molar-refractivity contribution in [2.45, 2.75) is 13.5 Å². The predicted octanol–water partition coefficient (Wildman–Crippen LogP) is 3.11. The Hall–Kier alpha value is -3.67. The monoisotopic (exact) mass is 361 g/mol. The van der Waals surface area contributed by atoms with Crippen molar-refractivity contribution in [3.8, 4) is 0 Å². The van der Waals surface area contributed by atoms with E-state index >= 15 is 0 Å². The Morgan fingerprint density at radius 1 is 0.852 bits per heavy atom. The molecule has 3 aromatic rings. The Kier molecular flexibility index (Phi) is 5.47. The summed E-state index contributed by atoms with van der Waals surface area (Å²) in [6.07, 6.45) is 1.66. The summed E-state index contributed by atoms with van der Waals surface area (Å²) in [7, 11) is 0. The quantitative estimate of drug-likeness (QED) is 0.733. The fourth-order valence-corrected chi connectivity index (χ4v) is 2.65. The van der Waals surface area contributed by atoms with Crippen molar-refractivity contribution in [2.75, 3.05) is 10.6 Å². The number of nitrogens with one attached hydrogen (secondary N) is 2. The fourth-order valence-electron chi connectivity index (χ4n) is 2.65. The second kappa shape index (κ2) is 8.14. The van der Waals surface area contributed by atoms with Crippen molar-refractivity contribution >= 4 is 23.2 Å². The van der Waals surface area contributed by atoms with E-state index in [2.05, 4.69) is 10.6 Å². The fraction of sp³-hybridized carbons (Fsp3) is 0.0952. The molecular weight excluding hydrogens is 342 g/mol. The third kappa shape index (κ3) is 4.70. The number of hydrogen-bond donors (Lipinski definition) is 2. The Morgan fingerprint density at radius 3 is 2.11 bits per heavy atom. The zero-order chi connectivity index (χ0) is 19.2. The van der Waals surface area contributed by atoms with Crippen molar-refractivity contribution in [2.24, 2.45) is 0 Å². The number of pyridine rings is 1. The van der Waals surface area contributed by atoms with Gasteiger partial charge in [-0.15, -0.1) is 0 Å². The van der Waals surface area contributed by atoms with Crippen LogP contribution in [-0.4, -0.2) is 16.4 Å². The second-order valence-electron chi connectivity index (χ2n) is 6.05. The molecule has 3 rings (SSSR count). The molecule has 0 aliphatic rings. The topological polar surface area (TPSA) is 80.2 Å². The molecule has 136 valence electrons. The molecule has 0 saturated carbocycles. The maximum absolute atomic E-state index is 12.6. The van der Waals surface area contributed by atoms with Crippen LogP contribution in [0, 0.1) is 0 Å². The van der Waals surface area contributed by atoms with E-state index in [-0.39, 0.29) is 17.0 Å². The third-order valence-electron chi connectivity index (χ3n) is 3.92. The van der Waals surface area contributed by atoms with Crippen LogP contribution in [0.25, 0.3) is 0 Å². The van der Waals surface area contributed by atoms with Crippen LogP contribution in [0.15, 0.2) is 77.7 Å². The molecule has 0 aliphatic carbocycles. The lowest BCUT2D eigenvalue weighted by molar-refractivity contribution is -0.114. The zero-order valence-corrected chi connectivity index (χ0v) is 14.8. The van der Waals surface area contributed by atoms with Gasteiger partial charge in [0.15, 0.2) is 0 Å². The van der Waals surface area contributed by atoms with Crippen molar-refractivity contribution in [1.29, 1.82) is 0 Å². The van der Waals surface area contributed by atoms with Gasteiger partial charge in [-0.05, 0) is 42.0 Å². The van der Waals surface area contributed by atoms with Gasteiger partial charge in [0.05, 0.1) is 6.54 Å². The highest BCUT2D eigenvalue weighted by Crippen LogP contribution is 2.14. The van der Waals surface area contributed by atoms with Gasteiger partial charge in [-0.25, -0.2) is 0 Å². The van der Waals surface area contributed by atoms with Gasteiger partial charge in [-0.1, -0.05) is 30.3 Å². The number of nitrogens with zero attached hydrogens (tertiary/aromatic N) is 1. The average Bonchev–Trinajstić information content (AvgIpc) is 2.65. The van der Waals surface area contributed by atoms with E-state index in [0.29, 0.717) is 17.9 Å². The minimum Gasteiger partial charge on any atom is -0.326 e. The van der Waals surface area contributed by atoms with Crippen molar-refractivity contribution < 1.29 is 9.59 Å². The number of carbonyl (C=O) groups excluding carboxylic acids is 2. The Balaban J connectivity index is 1.76. The van der Waals surface area contributed by atoms with Crippen LogP contribution in [0.3, 0.4) is 0 Å². The van der Waals surface area contributed by atoms with Crippen LogP contribution < -0.4 is 16.2 Å². The number of carbonyl (C=O) groups is 2. The van der Waals surface area contributed by atoms with Crippen LogP contribution in [0.1, 0.15) is 22.8 Å². The maximum Gasteiger partial charge on any atom is 0.263 e. The summed E-state index contributed by atoms with van der Waals surface area (Å²) in [6, 6.07) is 19.4. The highest BCUT2D eigenvalue weighted by molar-refractivity contribution is 6.04. The zero-order valence-electron chi connectivity index (χ0n) is 14.8. The standard InChI is InChI=1S/C21H19N3O3/c1-15(25)22-17-9-11-18(12-10-17)23-20(26)19-8-5-13-24(21(19)27)14-16-6-3-2-4-7-16/h2-13H,14H2,1H3,(H,22,25)(H,23,26). The van der Waals surface area contributed by atoms with Gasteiger partial charge in [0.25, 0.3) is 11.5 Å². The van der Waals surface area contributed by atoms with Crippen LogP contribution in [0.5, 0.6) is 0 Å². The largest absolute Gasteiger partial charge is 0.326 e. The lowest BCUT2D eigenvalue weighted by Gasteiger charge is -2.09. The minimum absolute atomic E-state index is 0.0689. The van der Waals surface area contributed by atoms with E-state index in [1.165, 1.54) is 17.6 Å². The molecule has 0 fully saturated rings. The smallest absolute Gasteiger partial charge is 0.263 e. The number of amides is 2. The Bertz CT molecular complexity index is 1010. The first-order chi connectivity index (χ1) is 13.0. The van der Waals surface area contributed by atoms with Gasteiger partial charge < -0.3 is 15.2 Å². The highest BCUT2D eigenvalue weighted by atomic mass is 16.2. The summed E-state index contributed by atoms with van der Waals surface area (Å²) >= 11 is 0. The molecule has 0 saturated heterocycles. The van der Waals surface area contributed by atoms with Crippen LogP contribution in [0.4, 0.5) is 11.4 Å². The summed E-state index contributed by atoms with van der Waals surface area (Å²) in [6.45, 7) is 1.82. The summed E-state index contributed by atoms with van der Waals surface area (Å²) in [4.78, 5) is 36.2. The summed E-state index contributed by atoms with van der Waals surface area (Å²) < 4.78 is 1.50. The first-order valence-electron chi connectivity index (χ1n) is 8.45. The number of rotatable bonds is 5.